The first-order valence-corrected chi connectivity index (χ1v) is 6.21. The Kier molecular flexibility index (Phi) is 5.49. The maximum absolute atomic E-state index is 3.49. The molecule has 1 fully saturated rings. The van der Waals surface area contributed by atoms with Crippen molar-refractivity contribution in [1.29, 1.82) is 0 Å². The van der Waals surface area contributed by atoms with E-state index in [1.165, 1.54) is 38.8 Å². The van der Waals surface area contributed by atoms with Gasteiger partial charge in [-0.15, -0.1) is 0 Å². The zero-order valence-electron chi connectivity index (χ0n) is 10.1. The topological polar surface area (TPSA) is 15.3 Å². The summed E-state index contributed by atoms with van der Waals surface area (Å²) in [5.74, 6) is 0. The molecule has 0 aromatic carbocycles. The average Bonchev–Trinajstić information content (AvgIpc) is 2.64. The Labute approximate surface area is 89.1 Å². The Morgan fingerprint density at radius 3 is 2.43 bits per heavy atom. The van der Waals surface area contributed by atoms with Crippen LogP contribution < -0.4 is 5.32 Å². The molecule has 2 heteroatoms. The molecule has 0 bridgehead atoms. The zero-order valence-corrected chi connectivity index (χ0v) is 10.1. The molecule has 0 aromatic heterocycles. The van der Waals surface area contributed by atoms with Gasteiger partial charge in [-0.25, -0.2) is 0 Å². The highest BCUT2D eigenvalue weighted by Crippen LogP contribution is 2.22. The second-order valence-corrected chi connectivity index (χ2v) is 4.68. The molecule has 0 saturated heterocycles. The van der Waals surface area contributed by atoms with Crippen LogP contribution in [0.25, 0.3) is 0 Å². The van der Waals surface area contributed by atoms with Gasteiger partial charge in [-0.05, 0) is 19.4 Å². The number of rotatable bonds is 6. The molecule has 0 spiro atoms. The average molecular weight is 198 g/mol. The lowest BCUT2D eigenvalue weighted by Crippen LogP contribution is -2.39. The van der Waals surface area contributed by atoms with Gasteiger partial charge in [-0.1, -0.05) is 33.6 Å². The van der Waals surface area contributed by atoms with E-state index < -0.39 is 0 Å². The minimum Gasteiger partial charge on any atom is -0.313 e. The Balaban J connectivity index is 2.17. The molecular weight excluding hydrogens is 172 g/mol. The molecule has 1 rings (SSSR count). The second-order valence-electron chi connectivity index (χ2n) is 4.68. The summed E-state index contributed by atoms with van der Waals surface area (Å²) in [7, 11) is 0. The standard InChI is InChI=1S/C12H26N2/c1-4-14(10-9-13-11(2)3)12-7-5-6-8-12/h11-13H,4-10H2,1-3H3. The summed E-state index contributed by atoms with van der Waals surface area (Å²) in [6.07, 6.45) is 5.74. The van der Waals surface area contributed by atoms with Crippen molar-refractivity contribution in [3.8, 4) is 0 Å². The summed E-state index contributed by atoms with van der Waals surface area (Å²) in [6.45, 7) is 10.3. The quantitative estimate of drug-likeness (QED) is 0.704. The lowest BCUT2D eigenvalue weighted by atomic mass is 10.2. The summed E-state index contributed by atoms with van der Waals surface area (Å²) in [6, 6.07) is 1.51. The molecule has 1 aliphatic rings. The van der Waals surface area contributed by atoms with Crippen LogP contribution in [-0.4, -0.2) is 36.6 Å². The molecule has 0 amide bonds. The highest BCUT2D eigenvalue weighted by Gasteiger charge is 2.20. The minimum absolute atomic E-state index is 0.622. The van der Waals surface area contributed by atoms with Crippen LogP contribution in [0, 0.1) is 0 Å². The summed E-state index contributed by atoms with van der Waals surface area (Å²) in [4.78, 5) is 2.64. The molecule has 1 saturated carbocycles. The molecule has 0 radical (unpaired) electrons. The van der Waals surface area contributed by atoms with Crippen molar-refractivity contribution in [2.24, 2.45) is 0 Å². The summed E-state index contributed by atoms with van der Waals surface area (Å²) < 4.78 is 0. The summed E-state index contributed by atoms with van der Waals surface area (Å²) >= 11 is 0. The molecule has 14 heavy (non-hydrogen) atoms. The van der Waals surface area contributed by atoms with Gasteiger partial charge in [-0.2, -0.15) is 0 Å². The fourth-order valence-corrected chi connectivity index (χ4v) is 2.37. The van der Waals surface area contributed by atoms with Gasteiger partial charge in [0, 0.05) is 25.2 Å². The van der Waals surface area contributed by atoms with Gasteiger partial charge in [0.15, 0.2) is 0 Å². The second kappa shape index (κ2) is 6.41. The van der Waals surface area contributed by atoms with E-state index in [1.54, 1.807) is 0 Å². The maximum atomic E-state index is 3.49. The van der Waals surface area contributed by atoms with Crippen LogP contribution >= 0.6 is 0 Å². The predicted molar refractivity (Wildman–Crippen MR) is 62.6 cm³/mol. The SMILES string of the molecule is CCN(CCNC(C)C)C1CCCC1. The number of nitrogens with zero attached hydrogens (tertiary/aromatic N) is 1. The van der Waals surface area contributed by atoms with Gasteiger partial charge in [0.1, 0.15) is 0 Å². The van der Waals surface area contributed by atoms with E-state index in [9.17, 15) is 0 Å². The Hall–Kier alpha value is -0.0800. The highest BCUT2D eigenvalue weighted by molar-refractivity contribution is 4.77. The van der Waals surface area contributed by atoms with Gasteiger partial charge >= 0.3 is 0 Å². The number of hydrogen-bond donors (Lipinski definition) is 1. The first kappa shape index (κ1) is 12.0. The summed E-state index contributed by atoms with van der Waals surface area (Å²) in [5, 5.41) is 3.49. The van der Waals surface area contributed by atoms with Crippen molar-refractivity contribution in [1.82, 2.24) is 10.2 Å². The van der Waals surface area contributed by atoms with E-state index in [4.69, 9.17) is 0 Å². The molecular formula is C12H26N2. The van der Waals surface area contributed by atoms with Crippen LogP contribution in [0.4, 0.5) is 0 Å². The van der Waals surface area contributed by atoms with Gasteiger partial charge < -0.3 is 5.32 Å². The molecule has 0 unspecified atom stereocenters. The van der Waals surface area contributed by atoms with E-state index in [0.717, 1.165) is 12.6 Å². The van der Waals surface area contributed by atoms with Crippen LogP contribution in [0.1, 0.15) is 46.5 Å². The normalized spacial score (nSPS) is 18.6. The molecule has 0 aliphatic heterocycles. The van der Waals surface area contributed by atoms with Crippen LogP contribution in [0.15, 0.2) is 0 Å². The smallest absolute Gasteiger partial charge is 0.0110 e. The number of likely N-dealkylation sites (N-methyl/N-ethyl adjacent to an activating group) is 1. The van der Waals surface area contributed by atoms with Crippen molar-refractivity contribution >= 4 is 0 Å². The van der Waals surface area contributed by atoms with Gasteiger partial charge in [0.2, 0.25) is 0 Å². The van der Waals surface area contributed by atoms with Crippen molar-refractivity contribution in [2.75, 3.05) is 19.6 Å². The number of nitrogens with one attached hydrogen (secondary N) is 1. The molecule has 1 N–H and O–H groups in total. The van der Waals surface area contributed by atoms with Crippen LogP contribution in [0.5, 0.6) is 0 Å². The van der Waals surface area contributed by atoms with Crippen molar-refractivity contribution < 1.29 is 0 Å². The van der Waals surface area contributed by atoms with E-state index >= 15 is 0 Å². The first-order chi connectivity index (χ1) is 6.74. The van der Waals surface area contributed by atoms with Gasteiger partial charge in [0.05, 0.1) is 0 Å². The zero-order chi connectivity index (χ0) is 10.4. The summed E-state index contributed by atoms with van der Waals surface area (Å²) in [5.41, 5.74) is 0. The van der Waals surface area contributed by atoms with Crippen molar-refractivity contribution in [3.05, 3.63) is 0 Å². The lowest BCUT2D eigenvalue weighted by molar-refractivity contribution is 0.208. The minimum atomic E-state index is 0.622. The van der Waals surface area contributed by atoms with E-state index in [2.05, 4.69) is 31.0 Å². The molecule has 0 atom stereocenters. The molecule has 0 heterocycles. The fourth-order valence-electron chi connectivity index (χ4n) is 2.37. The third-order valence-corrected chi connectivity index (χ3v) is 3.20. The van der Waals surface area contributed by atoms with Crippen LogP contribution in [-0.2, 0) is 0 Å². The van der Waals surface area contributed by atoms with Gasteiger partial charge in [0.25, 0.3) is 0 Å². The Bertz CT molecular complexity index is 139. The van der Waals surface area contributed by atoms with E-state index in [1.807, 2.05) is 0 Å². The molecule has 1 aliphatic carbocycles. The number of hydrogen-bond acceptors (Lipinski definition) is 2. The predicted octanol–water partition coefficient (Wildman–Crippen LogP) is 2.25. The molecule has 0 aromatic rings. The molecule has 84 valence electrons. The Morgan fingerprint density at radius 1 is 1.29 bits per heavy atom. The third kappa shape index (κ3) is 3.97. The third-order valence-electron chi connectivity index (χ3n) is 3.20. The van der Waals surface area contributed by atoms with Crippen molar-refractivity contribution in [3.63, 3.8) is 0 Å². The molecule has 2 nitrogen and oxygen atoms in total. The van der Waals surface area contributed by atoms with Crippen molar-refractivity contribution in [2.45, 2.75) is 58.5 Å². The fraction of sp³-hybridized carbons (Fsp3) is 1.00. The van der Waals surface area contributed by atoms with E-state index in [0.29, 0.717) is 6.04 Å². The van der Waals surface area contributed by atoms with Crippen LogP contribution in [0.2, 0.25) is 0 Å². The first-order valence-electron chi connectivity index (χ1n) is 6.21. The van der Waals surface area contributed by atoms with Crippen LogP contribution in [0.3, 0.4) is 0 Å². The monoisotopic (exact) mass is 198 g/mol. The Morgan fingerprint density at radius 2 is 1.93 bits per heavy atom. The van der Waals surface area contributed by atoms with Gasteiger partial charge in [-0.3, -0.25) is 4.90 Å². The highest BCUT2D eigenvalue weighted by atomic mass is 15.2. The lowest BCUT2D eigenvalue weighted by Gasteiger charge is -2.27. The maximum Gasteiger partial charge on any atom is 0.0110 e. The van der Waals surface area contributed by atoms with E-state index in [-0.39, 0.29) is 0 Å². The largest absolute Gasteiger partial charge is 0.313 e.